The van der Waals surface area contributed by atoms with E-state index in [0.717, 1.165) is 38.7 Å². The van der Waals surface area contributed by atoms with Gasteiger partial charge in [0.2, 0.25) is 0 Å². The van der Waals surface area contributed by atoms with Crippen molar-refractivity contribution < 1.29 is 4.74 Å². The third-order valence-corrected chi connectivity index (χ3v) is 3.13. The molecule has 114 valence electrons. The van der Waals surface area contributed by atoms with E-state index in [-0.39, 0.29) is 0 Å². The van der Waals surface area contributed by atoms with Crippen LogP contribution in [-0.4, -0.2) is 38.3 Å². The van der Waals surface area contributed by atoms with Crippen LogP contribution in [0.3, 0.4) is 0 Å². The number of pyridine rings is 1. The highest BCUT2D eigenvalue weighted by atomic mass is 16.5. The first-order valence-corrected chi connectivity index (χ1v) is 7.49. The van der Waals surface area contributed by atoms with Crippen molar-refractivity contribution in [2.75, 3.05) is 38.3 Å². The fourth-order valence-electron chi connectivity index (χ4n) is 2.08. The van der Waals surface area contributed by atoms with Crippen LogP contribution in [0.1, 0.15) is 31.9 Å². The van der Waals surface area contributed by atoms with Crippen LogP contribution in [0.5, 0.6) is 0 Å². The minimum absolute atomic E-state index is 0.674. The van der Waals surface area contributed by atoms with Crippen LogP contribution < -0.4 is 10.2 Å². The Labute approximate surface area is 123 Å². The standard InChI is InChI=1S/C16H29N3O/c1-6-20-8-7-19(5)16-14(4)9-15(12-18-16)11-17-10-13(2)3/h9,12-13,17H,6-8,10-11H2,1-5H3. The summed E-state index contributed by atoms with van der Waals surface area (Å²) in [6.45, 7) is 12.9. The Morgan fingerprint density at radius 3 is 2.75 bits per heavy atom. The Hall–Kier alpha value is -1.13. The smallest absolute Gasteiger partial charge is 0.131 e. The molecule has 4 heteroatoms. The van der Waals surface area contributed by atoms with Gasteiger partial charge >= 0.3 is 0 Å². The number of anilines is 1. The molecule has 0 amide bonds. The summed E-state index contributed by atoms with van der Waals surface area (Å²) in [5.74, 6) is 1.71. The summed E-state index contributed by atoms with van der Waals surface area (Å²) >= 11 is 0. The third-order valence-electron chi connectivity index (χ3n) is 3.13. The number of aromatic nitrogens is 1. The maximum Gasteiger partial charge on any atom is 0.131 e. The molecule has 4 nitrogen and oxygen atoms in total. The van der Waals surface area contributed by atoms with Gasteiger partial charge in [0, 0.05) is 32.9 Å². The molecule has 0 saturated carbocycles. The molecule has 0 aliphatic rings. The van der Waals surface area contributed by atoms with E-state index in [4.69, 9.17) is 4.74 Å². The van der Waals surface area contributed by atoms with Gasteiger partial charge in [-0.15, -0.1) is 0 Å². The molecule has 0 spiro atoms. The van der Waals surface area contributed by atoms with E-state index in [1.54, 1.807) is 0 Å². The number of hydrogen-bond donors (Lipinski definition) is 1. The maximum absolute atomic E-state index is 5.39. The van der Waals surface area contributed by atoms with E-state index >= 15 is 0 Å². The summed E-state index contributed by atoms with van der Waals surface area (Å²) in [4.78, 5) is 6.73. The van der Waals surface area contributed by atoms with Gasteiger partial charge in [-0.25, -0.2) is 4.98 Å². The molecule has 0 aliphatic carbocycles. The van der Waals surface area contributed by atoms with Gasteiger partial charge in [0.25, 0.3) is 0 Å². The van der Waals surface area contributed by atoms with Crippen molar-refractivity contribution in [1.82, 2.24) is 10.3 Å². The molecule has 1 N–H and O–H groups in total. The molecule has 1 heterocycles. The van der Waals surface area contributed by atoms with Crippen LogP contribution in [0.25, 0.3) is 0 Å². The van der Waals surface area contributed by atoms with E-state index < -0.39 is 0 Å². The lowest BCUT2D eigenvalue weighted by Crippen LogP contribution is -2.24. The Bertz CT molecular complexity index is 393. The minimum atomic E-state index is 0.674. The summed E-state index contributed by atoms with van der Waals surface area (Å²) in [6, 6.07) is 2.22. The quantitative estimate of drug-likeness (QED) is 0.705. The third kappa shape index (κ3) is 5.88. The molecule has 0 saturated heterocycles. The summed E-state index contributed by atoms with van der Waals surface area (Å²) in [7, 11) is 2.06. The van der Waals surface area contributed by atoms with E-state index in [1.165, 1.54) is 11.1 Å². The first-order valence-electron chi connectivity index (χ1n) is 7.49. The van der Waals surface area contributed by atoms with Crippen molar-refractivity contribution in [3.63, 3.8) is 0 Å². The van der Waals surface area contributed by atoms with E-state index in [2.05, 4.69) is 49.1 Å². The molecule has 0 aromatic carbocycles. The van der Waals surface area contributed by atoms with Crippen LogP contribution >= 0.6 is 0 Å². The average Bonchev–Trinajstić information content (AvgIpc) is 2.38. The van der Waals surface area contributed by atoms with Crippen molar-refractivity contribution in [3.05, 3.63) is 23.4 Å². The largest absolute Gasteiger partial charge is 0.380 e. The lowest BCUT2D eigenvalue weighted by Gasteiger charge is -2.20. The Morgan fingerprint density at radius 1 is 1.40 bits per heavy atom. The van der Waals surface area contributed by atoms with Gasteiger partial charge in [-0.05, 0) is 43.5 Å². The lowest BCUT2D eigenvalue weighted by molar-refractivity contribution is 0.154. The molecule has 1 rings (SSSR count). The highest BCUT2D eigenvalue weighted by Crippen LogP contribution is 2.16. The summed E-state index contributed by atoms with van der Waals surface area (Å²) < 4.78 is 5.39. The molecule has 0 fully saturated rings. The van der Waals surface area contributed by atoms with Gasteiger partial charge < -0.3 is 15.0 Å². The van der Waals surface area contributed by atoms with Crippen LogP contribution in [0, 0.1) is 12.8 Å². The van der Waals surface area contributed by atoms with Gasteiger partial charge in [-0.1, -0.05) is 13.8 Å². The molecule has 0 aliphatic heterocycles. The van der Waals surface area contributed by atoms with Crippen molar-refractivity contribution in [2.45, 2.75) is 34.2 Å². The Kier molecular flexibility index (Phi) is 7.55. The highest BCUT2D eigenvalue weighted by Gasteiger charge is 2.07. The molecule has 0 radical (unpaired) electrons. The molecule has 0 bridgehead atoms. The van der Waals surface area contributed by atoms with E-state index in [0.29, 0.717) is 5.92 Å². The van der Waals surface area contributed by atoms with Gasteiger partial charge in [-0.3, -0.25) is 0 Å². The van der Waals surface area contributed by atoms with E-state index in [9.17, 15) is 0 Å². The molecule has 1 aromatic rings. The molecule has 0 atom stereocenters. The monoisotopic (exact) mass is 279 g/mol. The maximum atomic E-state index is 5.39. The first kappa shape index (κ1) is 16.9. The van der Waals surface area contributed by atoms with Crippen LogP contribution in [0.4, 0.5) is 5.82 Å². The van der Waals surface area contributed by atoms with Gasteiger partial charge in [0.15, 0.2) is 0 Å². The number of nitrogens with zero attached hydrogens (tertiary/aromatic N) is 2. The number of hydrogen-bond acceptors (Lipinski definition) is 4. The first-order chi connectivity index (χ1) is 9.54. The number of rotatable bonds is 9. The second-order valence-corrected chi connectivity index (χ2v) is 5.63. The fourth-order valence-corrected chi connectivity index (χ4v) is 2.08. The molecular weight excluding hydrogens is 250 g/mol. The van der Waals surface area contributed by atoms with Crippen molar-refractivity contribution in [1.29, 1.82) is 0 Å². The fraction of sp³-hybridized carbons (Fsp3) is 0.688. The molecule has 1 aromatic heterocycles. The number of aryl methyl sites for hydroxylation is 1. The van der Waals surface area contributed by atoms with Crippen LogP contribution in [0.15, 0.2) is 12.3 Å². The van der Waals surface area contributed by atoms with Crippen molar-refractivity contribution >= 4 is 5.82 Å². The Balaban J connectivity index is 2.54. The summed E-state index contributed by atoms with van der Waals surface area (Å²) in [6.07, 6.45) is 1.97. The van der Waals surface area contributed by atoms with E-state index in [1.807, 2.05) is 13.1 Å². The SMILES string of the molecule is CCOCCN(C)c1ncc(CNCC(C)C)cc1C. The van der Waals surface area contributed by atoms with Crippen LogP contribution in [0.2, 0.25) is 0 Å². The van der Waals surface area contributed by atoms with Gasteiger partial charge in [0.05, 0.1) is 6.61 Å². The predicted octanol–water partition coefficient (Wildman–Crippen LogP) is 2.61. The van der Waals surface area contributed by atoms with Crippen LogP contribution in [-0.2, 0) is 11.3 Å². The summed E-state index contributed by atoms with van der Waals surface area (Å²) in [5.41, 5.74) is 2.46. The second-order valence-electron chi connectivity index (χ2n) is 5.63. The molecular formula is C16H29N3O. The Morgan fingerprint density at radius 2 is 2.15 bits per heavy atom. The minimum Gasteiger partial charge on any atom is -0.380 e. The number of nitrogens with one attached hydrogen (secondary N) is 1. The highest BCUT2D eigenvalue weighted by molar-refractivity contribution is 5.46. The second kappa shape index (κ2) is 8.93. The number of likely N-dealkylation sites (N-methyl/N-ethyl adjacent to an activating group) is 1. The predicted molar refractivity (Wildman–Crippen MR) is 85.3 cm³/mol. The van der Waals surface area contributed by atoms with Gasteiger partial charge in [-0.2, -0.15) is 0 Å². The lowest BCUT2D eigenvalue weighted by atomic mass is 10.2. The van der Waals surface area contributed by atoms with Gasteiger partial charge in [0.1, 0.15) is 5.82 Å². The molecule has 20 heavy (non-hydrogen) atoms. The van der Waals surface area contributed by atoms with Crippen molar-refractivity contribution in [2.24, 2.45) is 5.92 Å². The number of ether oxygens (including phenoxy) is 1. The zero-order valence-electron chi connectivity index (χ0n) is 13.6. The van der Waals surface area contributed by atoms with Crippen molar-refractivity contribution in [3.8, 4) is 0 Å². The average molecular weight is 279 g/mol. The normalized spacial score (nSPS) is 11.1. The summed E-state index contributed by atoms with van der Waals surface area (Å²) in [5, 5.41) is 3.45. The molecule has 0 unspecified atom stereocenters. The zero-order valence-corrected chi connectivity index (χ0v) is 13.6. The zero-order chi connectivity index (χ0) is 15.0. The topological polar surface area (TPSA) is 37.4 Å².